The predicted octanol–water partition coefficient (Wildman–Crippen LogP) is 2.32. The molecule has 1 aromatic rings. The maximum absolute atomic E-state index is 12.9. The van der Waals surface area contributed by atoms with Gasteiger partial charge in [0, 0.05) is 23.0 Å². The lowest BCUT2D eigenvalue weighted by Gasteiger charge is -2.14. The highest BCUT2D eigenvalue weighted by atomic mass is 79.9. The second kappa shape index (κ2) is 8.02. The summed E-state index contributed by atoms with van der Waals surface area (Å²) < 4.78 is 0.907. The van der Waals surface area contributed by atoms with Crippen molar-refractivity contribution in [1.82, 2.24) is 4.90 Å². The minimum Gasteiger partial charge on any atom is -0.481 e. The molecule has 0 bridgehead atoms. The number of hydrogen-bond acceptors (Lipinski definition) is 6. The Morgan fingerprint density at radius 2 is 1.82 bits per heavy atom. The monoisotopic (exact) mass is 484 g/mol. The number of amides is 2. The zero-order valence-corrected chi connectivity index (χ0v) is 17.4. The molecule has 3 rings (SSSR count). The minimum absolute atomic E-state index is 0.107. The Kier molecular flexibility index (Phi) is 5.87. The molecule has 0 unspecified atom stereocenters. The molecule has 0 saturated carbocycles. The number of thiocarbonyl (C=S) groups is 1. The van der Waals surface area contributed by atoms with E-state index >= 15 is 0 Å². The first-order chi connectivity index (χ1) is 13.2. The number of halogens is 1. The smallest absolute Gasteiger partial charge is 0.323 e. The summed E-state index contributed by atoms with van der Waals surface area (Å²) in [6.07, 6.45) is 0.121. The van der Waals surface area contributed by atoms with E-state index in [-0.39, 0.29) is 34.2 Å². The van der Waals surface area contributed by atoms with Crippen LogP contribution < -0.4 is 4.90 Å². The number of carbonyl (C=O) groups is 4. The van der Waals surface area contributed by atoms with E-state index < -0.39 is 30.3 Å². The largest absolute Gasteiger partial charge is 0.481 e. The van der Waals surface area contributed by atoms with E-state index in [1.807, 2.05) is 0 Å². The summed E-state index contributed by atoms with van der Waals surface area (Å²) in [5.41, 5.74) is 0.962. The van der Waals surface area contributed by atoms with Crippen LogP contribution in [-0.4, -0.2) is 56.3 Å². The molecule has 0 aromatic heterocycles. The van der Waals surface area contributed by atoms with Gasteiger partial charge in [-0.1, -0.05) is 39.9 Å². The third kappa shape index (κ3) is 3.82. The van der Waals surface area contributed by atoms with Gasteiger partial charge in [-0.3, -0.25) is 29.0 Å². The van der Waals surface area contributed by atoms with Crippen molar-refractivity contribution in [1.29, 1.82) is 0 Å². The van der Waals surface area contributed by atoms with Crippen molar-refractivity contribution in [2.75, 3.05) is 18.0 Å². The van der Waals surface area contributed by atoms with Gasteiger partial charge in [-0.25, -0.2) is 0 Å². The standard InChI is InChI=1S/C17H13BrN2O6S2/c18-8-3-4-10-9(6-8)13(15(25)20(10)7-12(23)24)14-16(26)19(17(27)28-14)5-1-2-11(21)22/h3-4,6H,1-2,5,7H2,(H,21,22)(H,23,24)/b14-13-. The number of benzene rings is 1. The van der Waals surface area contributed by atoms with Crippen LogP contribution in [0, 0.1) is 0 Å². The predicted molar refractivity (Wildman–Crippen MR) is 110 cm³/mol. The van der Waals surface area contributed by atoms with Crippen molar-refractivity contribution < 1.29 is 29.4 Å². The van der Waals surface area contributed by atoms with E-state index in [2.05, 4.69) is 15.9 Å². The summed E-state index contributed by atoms with van der Waals surface area (Å²) in [6, 6.07) is 4.95. The number of fused-ring (bicyclic) bond motifs is 1. The highest BCUT2D eigenvalue weighted by Crippen LogP contribution is 2.45. The molecule has 28 heavy (non-hydrogen) atoms. The van der Waals surface area contributed by atoms with Crippen LogP contribution in [0.3, 0.4) is 0 Å². The lowest BCUT2D eigenvalue weighted by molar-refractivity contribution is -0.137. The van der Waals surface area contributed by atoms with Gasteiger partial charge in [-0.05, 0) is 24.6 Å². The molecule has 1 fully saturated rings. The topological polar surface area (TPSA) is 115 Å². The number of carboxylic acids is 2. The molecule has 146 valence electrons. The van der Waals surface area contributed by atoms with E-state index in [9.17, 15) is 19.2 Å². The van der Waals surface area contributed by atoms with Gasteiger partial charge in [0.25, 0.3) is 11.8 Å². The molecule has 1 aromatic carbocycles. The fourth-order valence-electron chi connectivity index (χ4n) is 2.95. The van der Waals surface area contributed by atoms with E-state index in [0.29, 0.717) is 15.7 Å². The van der Waals surface area contributed by atoms with Gasteiger partial charge in [0.1, 0.15) is 10.9 Å². The van der Waals surface area contributed by atoms with Gasteiger partial charge >= 0.3 is 11.9 Å². The number of aliphatic carboxylic acids is 2. The van der Waals surface area contributed by atoms with Crippen molar-refractivity contribution in [3.63, 3.8) is 0 Å². The van der Waals surface area contributed by atoms with E-state index in [1.165, 1.54) is 4.90 Å². The first-order valence-corrected chi connectivity index (χ1v) is 10.1. The molecule has 2 heterocycles. The van der Waals surface area contributed by atoms with Crippen molar-refractivity contribution in [2.45, 2.75) is 12.8 Å². The molecule has 2 aliphatic rings. The van der Waals surface area contributed by atoms with Gasteiger partial charge in [0.2, 0.25) is 0 Å². The third-order valence-electron chi connectivity index (χ3n) is 4.12. The van der Waals surface area contributed by atoms with Gasteiger partial charge in [0.05, 0.1) is 16.2 Å². The molecule has 0 atom stereocenters. The molecular weight excluding hydrogens is 472 g/mol. The number of hydrogen-bond donors (Lipinski definition) is 2. The Hall–Kier alpha value is -2.24. The van der Waals surface area contributed by atoms with Crippen molar-refractivity contribution in [3.8, 4) is 0 Å². The van der Waals surface area contributed by atoms with Crippen molar-refractivity contribution >= 4 is 79.2 Å². The number of carboxylic acid groups (broad SMARTS) is 2. The zero-order valence-electron chi connectivity index (χ0n) is 14.2. The summed E-state index contributed by atoms with van der Waals surface area (Å²) in [7, 11) is 0. The highest BCUT2D eigenvalue weighted by Gasteiger charge is 2.42. The second-order valence-electron chi connectivity index (χ2n) is 5.97. The number of nitrogens with zero attached hydrogens (tertiary/aromatic N) is 2. The Labute approximate surface area is 177 Å². The average molecular weight is 485 g/mol. The summed E-state index contributed by atoms with van der Waals surface area (Å²) in [6.45, 7) is -0.401. The van der Waals surface area contributed by atoms with Gasteiger partial charge in [-0.2, -0.15) is 0 Å². The number of rotatable bonds is 6. The first kappa shape index (κ1) is 20.5. The Morgan fingerprint density at radius 1 is 1.11 bits per heavy atom. The molecule has 2 N–H and O–H groups in total. The molecule has 0 aliphatic carbocycles. The van der Waals surface area contributed by atoms with Crippen LogP contribution in [0.15, 0.2) is 27.6 Å². The Bertz CT molecular complexity index is 961. The Balaban J connectivity index is 2.01. The molecule has 0 spiro atoms. The summed E-state index contributed by atoms with van der Waals surface area (Å²) >= 11 is 9.52. The molecule has 0 radical (unpaired) electrons. The maximum atomic E-state index is 12.9. The molecule has 1 saturated heterocycles. The lowest BCUT2D eigenvalue weighted by Crippen LogP contribution is -2.33. The van der Waals surface area contributed by atoms with Crippen LogP contribution in [0.4, 0.5) is 5.69 Å². The average Bonchev–Trinajstić information content (AvgIpc) is 3.02. The van der Waals surface area contributed by atoms with Gasteiger partial charge in [-0.15, -0.1) is 0 Å². The summed E-state index contributed by atoms with van der Waals surface area (Å²) in [4.78, 5) is 50.2. The van der Waals surface area contributed by atoms with Crippen LogP contribution in [0.5, 0.6) is 0 Å². The third-order valence-corrected chi connectivity index (χ3v) is 6.06. The van der Waals surface area contributed by atoms with Gasteiger partial charge < -0.3 is 10.2 Å². The fourth-order valence-corrected chi connectivity index (χ4v) is 4.69. The summed E-state index contributed by atoms with van der Waals surface area (Å²) in [5, 5.41) is 17.9. The number of anilines is 1. The van der Waals surface area contributed by atoms with Crippen molar-refractivity contribution in [2.24, 2.45) is 0 Å². The van der Waals surface area contributed by atoms with Crippen LogP contribution >= 0.6 is 39.9 Å². The van der Waals surface area contributed by atoms with Crippen molar-refractivity contribution in [3.05, 3.63) is 33.1 Å². The zero-order chi connectivity index (χ0) is 20.6. The van der Waals surface area contributed by atoms with E-state index in [0.717, 1.165) is 16.7 Å². The normalized spacial score (nSPS) is 18.8. The first-order valence-electron chi connectivity index (χ1n) is 8.04. The van der Waals surface area contributed by atoms with Crippen LogP contribution in [0.2, 0.25) is 0 Å². The highest BCUT2D eigenvalue weighted by molar-refractivity contribution is 9.10. The van der Waals surface area contributed by atoms with Crippen LogP contribution in [0.25, 0.3) is 5.57 Å². The van der Waals surface area contributed by atoms with E-state index in [4.69, 9.17) is 22.4 Å². The maximum Gasteiger partial charge on any atom is 0.323 e. The van der Waals surface area contributed by atoms with Crippen LogP contribution in [0.1, 0.15) is 18.4 Å². The minimum atomic E-state index is -1.18. The molecule has 8 nitrogen and oxygen atoms in total. The molecule has 2 aliphatic heterocycles. The fraction of sp³-hybridized carbons (Fsp3) is 0.235. The van der Waals surface area contributed by atoms with Crippen LogP contribution in [-0.2, 0) is 19.2 Å². The SMILES string of the molecule is O=C(O)CCCN1C(=O)/C(=C2/C(=O)N(CC(=O)O)c3ccc(Br)cc32)SC1=S. The molecule has 2 amide bonds. The molecular formula is C17H13BrN2O6S2. The lowest BCUT2D eigenvalue weighted by atomic mass is 10.1. The van der Waals surface area contributed by atoms with E-state index in [1.54, 1.807) is 18.2 Å². The Morgan fingerprint density at radius 3 is 2.46 bits per heavy atom. The second-order valence-corrected chi connectivity index (χ2v) is 8.53. The number of thioether (sulfide) groups is 1. The number of carbonyl (C=O) groups excluding carboxylic acids is 2. The summed E-state index contributed by atoms with van der Waals surface area (Å²) in [5.74, 6) is -3.21. The quantitative estimate of drug-likeness (QED) is 0.466. The van der Waals surface area contributed by atoms with Gasteiger partial charge in [0.15, 0.2) is 0 Å². The molecule has 11 heteroatoms.